The molecule has 70 valence electrons. The quantitative estimate of drug-likeness (QED) is 0.654. The van der Waals surface area contributed by atoms with E-state index in [2.05, 4.69) is 20.9 Å². The Morgan fingerprint density at radius 3 is 3.00 bits per heavy atom. The van der Waals surface area contributed by atoms with Crippen molar-refractivity contribution in [1.29, 1.82) is 5.41 Å². The number of ether oxygens (including phenoxy) is 1. The molecule has 13 heavy (non-hydrogen) atoms. The van der Waals surface area contributed by atoms with Gasteiger partial charge in [0.05, 0.1) is 6.61 Å². The van der Waals surface area contributed by atoms with Gasteiger partial charge in [0.25, 0.3) is 0 Å². The van der Waals surface area contributed by atoms with Gasteiger partial charge in [-0.3, -0.25) is 10.4 Å². The largest absolute Gasteiger partial charge is 0.481 e. The van der Waals surface area contributed by atoms with E-state index in [0.29, 0.717) is 13.0 Å². The van der Waals surface area contributed by atoms with Crippen LogP contribution in [-0.2, 0) is 11.2 Å². The maximum Gasteiger partial charge on any atom is 0.184 e. The predicted molar refractivity (Wildman–Crippen MR) is 55.0 cm³/mol. The van der Waals surface area contributed by atoms with Gasteiger partial charge in [-0.2, -0.15) is 0 Å². The highest BCUT2D eigenvalue weighted by atomic mass is 79.9. The molecule has 1 aromatic heterocycles. The van der Waals surface area contributed by atoms with Crippen LogP contribution in [0.3, 0.4) is 0 Å². The van der Waals surface area contributed by atoms with Crippen LogP contribution in [0, 0.1) is 5.41 Å². The van der Waals surface area contributed by atoms with Gasteiger partial charge in [0.15, 0.2) is 5.90 Å². The van der Waals surface area contributed by atoms with Gasteiger partial charge in [0.1, 0.15) is 0 Å². The summed E-state index contributed by atoms with van der Waals surface area (Å²) in [5.41, 5.74) is 0.979. The van der Waals surface area contributed by atoms with E-state index in [0.717, 1.165) is 10.0 Å². The van der Waals surface area contributed by atoms with Crippen LogP contribution in [0.2, 0.25) is 0 Å². The van der Waals surface area contributed by atoms with Gasteiger partial charge in [0.2, 0.25) is 0 Å². The van der Waals surface area contributed by atoms with Crippen LogP contribution >= 0.6 is 15.9 Å². The Bertz CT molecular complexity index is 301. The van der Waals surface area contributed by atoms with E-state index in [-0.39, 0.29) is 5.90 Å². The molecule has 0 saturated carbocycles. The second-order valence-electron chi connectivity index (χ2n) is 2.54. The Morgan fingerprint density at radius 2 is 2.38 bits per heavy atom. The minimum absolute atomic E-state index is 0.280. The highest BCUT2D eigenvalue weighted by Crippen LogP contribution is 2.10. The Balaban J connectivity index is 2.58. The highest BCUT2D eigenvalue weighted by molar-refractivity contribution is 9.10. The third-order valence-electron chi connectivity index (χ3n) is 1.44. The summed E-state index contributed by atoms with van der Waals surface area (Å²) >= 11 is 3.32. The second-order valence-corrected chi connectivity index (χ2v) is 3.46. The van der Waals surface area contributed by atoms with Crippen molar-refractivity contribution >= 4 is 21.8 Å². The van der Waals surface area contributed by atoms with E-state index in [1.165, 1.54) is 0 Å². The lowest BCUT2D eigenvalue weighted by Crippen LogP contribution is -2.06. The first kappa shape index (κ1) is 10.2. The molecule has 1 rings (SSSR count). The molecule has 1 heterocycles. The number of nitrogens with zero attached hydrogens (tertiary/aromatic N) is 1. The summed E-state index contributed by atoms with van der Waals surface area (Å²) in [6, 6.07) is 1.93. The molecule has 3 nitrogen and oxygen atoms in total. The zero-order valence-electron chi connectivity index (χ0n) is 7.38. The molecule has 1 N–H and O–H groups in total. The molecule has 1 aromatic rings. The Morgan fingerprint density at radius 1 is 1.62 bits per heavy atom. The molecule has 0 radical (unpaired) electrons. The van der Waals surface area contributed by atoms with Gasteiger partial charge in [-0.15, -0.1) is 0 Å². The molecule has 0 aromatic carbocycles. The van der Waals surface area contributed by atoms with E-state index in [9.17, 15) is 0 Å². The van der Waals surface area contributed by atoms with Crippen LogP contribution in [0.15, 0.2) is 22.9 Å². The van der Waals surface area contributed by atoms with Gasteiger partial charge >= 0.3 is 0 Å². The van der Waals surface area contributed by atoms with Crippen LogP contribution in [0.5, 0.6) is 0 Å². The van der Waals surface area contributed by atoms with E-state index in [1.54, 1.807) is 12.4 Å². The summed E-state index contributed by atoms with van der Waals surface area (Å²) in [5.74, 6) is 0.280. The average molecular weight is 243 g/mol. The van der Waals surface area contributed by atoms with Gasteiger partial charge in [-0.1, -0.05) is 0 Å². The molecule has 0 unspecified atom stereocenters. The molecule has 0 spiro atoms. The Hall–Kier alpha value is -0.900. The molecule has 0 aliphatic carbocycles. The number of hydrogen-bond donors (Lipinski definition) is 1. The summed E-state index contributed by atoms with van der Waals surface area (Å²) in [5, 5.41) is 7.43. The molecule has 0 saturated heterocycles. The normalized spacial score (nSPS) is 9.69. The fourth-order valence-electron chi connectivity index (χ4n) is 0.963. The first-order valence-electron chi connectivity index (χ1n) is 4.02. The molecule has 0 aliphatic rings. The minimum Gasteiger partial charge on any atom is -0.481 e. The Labute approximate surface area is 85.8 Å². The van der Waals surface area contributed by atoms with Crippen molar-refractivity contribution in [3.05, 3.63) is 28.5 Å². The molecule has 4 heteroatoms. The fourth-order valence-corrected chi connectivity index (χ4v) is 1.38. The van der Waals surface area contributed by atoms with E-state index >= 15 is 0 Å². The minimum atomic E-state index is 0.280. The zero-order chi connectivity index (χ0) is 9.68. The molecule has 0 aliphatic heterocycles. The van der Waals surface area contributed by atoms with Crippen molar-refractivity contribution in [3.8, 4) is 0 Å². The third-order valence-corrected chi connectivity index (χ3v) is 1.88. The van der Waals surface area contributed by atoms with E-state index in [1.807, 2.05) is 13.0 Å². The summed E-state index contributed by atoms with van der Waals surface area (Å²) in [4.78, 5) is 4.00. The summed E-state index contributed by atoms with van der Waals surface area (Å²) < 4.78 is 5.95. The number of halogens is 1. The first-order valence-corrected chi connectivity index (χ1v) is 4.81. The van der Waals surface area contributed by atoms with Crippen molar-refractivity contribution in [2.75, 3.05) is 6.61 Å². The highest BCUT2D eigenvalue weighted by Gasteiger charge is 2.00. The number of rotatable bonds is 3. The lowest BCUT2D eigenvalue weighted by molar-refractivity contribution is 0.317. The van der Waals surface area contributed by atoms with Gasteiger partial charge in [-0.25, -0.2) is 0 Å². The number of pyridine rings is 1. The van der Waals surface area contributed by atoms with Crippen LogP contribution in [0.25, 0.3) is 0 Å². The molecule has 0 bridgehead atoms. The fraction of sp³-hybridized carbons (Fsp3) is 0.333. The van der Waals surface area contributed by atoms with E-state index < -0.39 is 0 Å². The lowest BCUT2D eigenvalue weighted by atomic mass is 10.2. The molecular formula is C9H11BrN2O. The maximum atomic E-state index is 7.43. The molecule has 0 fully saturated rings. The number of aromatic nitrogens is 1. The first-order chi connectivity index (χ1) is 6.22. The average Bonchev–Trinajstić information content (AvgIpc) is 2.04. The number of hydrogen-bond acceptors (Lipinski definition) is 3. The predicted octanol–water partition coefficient (Wildman–Crippen LogP) is 2.40. The third kappa shape index (κ3) is 3.55. The van der Waals surface area contributed by atoms with Crippen LogP contribution < -0.4 is 0 Å². The van der Waals surface area contributed by atoms with Crippen molar-refractivity contribution in [3.63, 3.8) is 0 Å². The zero-order valence-corrected chi connectivity index (χ0v) is 8.97. The summed E-state index contributed by atoms with van der Waals surface area (Å²) in [6.07, 6.45) is 3.95. The monoisotopic (exact) mass is 242 g/mol. The van der Waals surface area contributed by atoms with Crippen molar-refractivity contribution in [2.45, 2.75) is 13.3 Å². The van der Waals surface area contributed by atoms with Crippen LogP contribution in [0.1, 0.15) is 12.5 Å². The van der Waals surface area contributed by atoms with Crippen molar-refractivity contribution in [1.82, 2.24) is 4.98 Å². The SMILES string of the molecule is CCOC(=N)Cc1cncc(Br)c1. The smallest absolute Gasteiger partial charge is 0.184 e. The van der Waals surface area contributed by atoms with E-state index in [4.69, 9.17) is 10.1 Å². The van der Waals surface area contributed by atoms with Gasteiger partial charge in [0, 0.05) is 23.3 Å². The molecule has 0 amide bonds. The standard InChI is InChI=1S/C9H11BrN2O/c1-2-13-9(11)4-7-3-8(10)6-12-5-7/h3,5-6,11H,2,4H2,1H3. The number of nitrogens with one attached hydrogen (secondary N) is 1. The lowest BCUT2D eigenvalue weighted by Gasteiger charge is -2.04. The topological polar surface area (TPSA) is 46.0 Å². The maximum absolute atomic E-state index is 7.43. The second kappa shape index (κ2) is 4.97. The molecular weight excluding hydrogens is 232 g/mol. The van der Waals surface area contributed by atoms with Crippen LogP contribution in [-0.4, -0.2) is 17.5 Å². The Kier molecular flexibility index (Phi) is 3.89. The van der Waals surface area contributed by atoms with Crippen LogP contribution in [0.4, 0.5) is 0 Å². The van der Waals surface area contributed by atoms with Gasteiger partial charge in [-0.05, 0) is 34.5 Å². The summed E-state index contributed by atoms with van der Waals surface area (Å²) in [6.45, 7) is 2.41. The van der Waals surface area contributed by atoms with Crippen molar-refractivity contribution in [2.24, 2.45) is 0 Å². The van der Waals surface area contributed by atoms with Crippen molar-refractivity contribution < 1.29 is 4.74 Å². The van der Waals surface area contributed by atoms with Gasteiger partial charge < -0.3 is 4.74 Å². The summed E-state index contributed by atoms with van der Waals surface area (Å²) in [7, 11) is 0. The molecule has 0 atom stereocenters.